The Bertz CT molecular complexity index is 248. The van der Waals surface area contributed by atoms with E-state index in [0.717, 1.165) is 39.0 Å². The van der Waals surface area contributed by atoms with Gasteiger partial charge in [-0.05, 0) is 39.4 Å². The van der Waals surface area contributed by atoms with Crippen molar-refractivity contribution in [1.82, 2.24) is 9.80 Å². The first kappa shape index (κ1) is 14.4. The van der Waals surface area contributed by atoms with Gasteiger partial charge in [-0.1, -0.05) is 6.92 Å². The van der Waals surface area contributed by atoms with Crippen LogP contribution < -0.4 is 5.73 Å². The van der Waals surface area contributed by atoms with Gasteiger partial charge in [-0.2, -0.15) is 0 Å². The number of nitrogens with zero attached hydrogens (tertiary/aromatic N) is 2. The maximum absolute atomic E-state index is 10.7. The van der Waals surface area contributed by atoms with Gasteiger partial charge in [0.25, 0.3) is 0 Å². The van der Waals surface area contributed by atoms with Gasteiger partial charge in [0.15, 0.2) is 0 Å². The number of carboxylic acid groups (broad SMARTS) is 1. The van der Waals surface area contributed by atoms with Gasteiger partial charge in [0, 0.05) is 19.1 Å². The molecule has 0 bridgehead atoms. The van der Waals surface area contributed by atoms with Gasteiger partial charge in [0.2, 0.25) is 0 Å². The van der Waals surface area contributed by atoms with Crippen molar-refractivity contribution in [3.63, 3.8) is 0 Å². The van der Waals surface area contributed by atoms with E-state index < -0.39 is 12.0 Å². The molecule has 2 unspecified atom stereocenters. The maximum atomic E-state index is 10.7. The maximum Gasteiger partial charge on any atom is 0.320 e. The molecule has 0 aromatic heterocycles. The summed E-state index contributed by atoms with van der Waals surface area (Å²) in [5, 5.41) is 8.78. The SMILES string of the molecule is CCC1CN(C)CCCN1CCC(N)C(=O)O. The molecule has 1 aliphatic rings. The van der Waals surface area contributed by atoms with Crippen LogP contribution in [-0.4, -0.2) is 66.2 Å². The highest BCUT2D eigenvalue weighted by Crippen LogP contribution is 2.12. The van der Waals surface area contributed by atoms with E-state index in [1.54, 1.807) is 0 Å². The number of hydrogen-bond acceptors (Lipinski definition) is 4. The summed E-state index contributed by atoms with van der Waals surface area (Å²) in [4.78, 5) is 15.4. The van der Waals surface area contributed by atoms with Crippen LogP contribution >= 0.6 is 0 Å². The molecule has 100 valence electrons. The third-order valence-corrected chi connectivity index (χ3v) is 3.54. The lowest BCUT2D eigenvalue weighted by Gasteiger charge is -2.30. The molecule has 1 fully saturated rings. The molecule has 0 radical (unpaired) electrons. The van der Waals surface area contributed by atoms with Crippen LogP contribution in [0.3, 0.4) is 0 Å². The summed E-state index contributed by atoms with van der Waals surface area (Å²) >= 11 is 0. The fourth-order valence-electron chi connectivity index (χ4n) is 2.40. The molecule has 5 heteroatoms. The first-order valence-corrected chi connectivity index (χ1v) is 6.45. The minimum atomic E-state index is -0.898. The summed E-state index contributed by atoms with van der Waals surface area (Å²) in [6.07, 6.45) is 2.79. The summed E-state index contributed by atoms with van der Waals surface area (Å²) in [5.41, 5.74) is 5.55. The van der Waals surface area contributed by atoms with Crippen molar-refractivity contribution in [2.75, 3.05) is 33.2 Å². The van der Waals surface area contributed by atoms with E-state index in [-0.39, 0.29) is 0 Å². The lowest BCUT2D eigenvalue weighted by atomic mass is 10.1. The van der Waals surface area contributed by atoms with Gasteiger partial charge in [0.1, 0.15) is 6.04 Å². The largest absolute Gasteiger partial charge is 0.480 e. The van der Waals surface area contributed by atoms with Gasteiger partial charge >= 0.3 is 5.97 Å². The average molecular weight is 243 g/mol. The molecule has 0 aromatic rings. The predicted molar refractivity (Wildman–Crippen MR) is 68.0 cm³/mol. The number of likely N-dealkylation sites (N-methyl/N-ethyl adjacent to an activating group) is 1. The normalized spacial score (nSPS) is 25.5. The molecular weight excluding hydrogens is 218 g/mol. The minimum Gasteiger partial charge on any atom is -0.480 e. The Balaban J connectivity index is 2.46. The van der Waals surface area contributed by atoms with Gasteiger partial charge in [-0.3, -0.25) is 9.69 Å². The Morgan fingerprint density at radius 2 is 2.24 bits per heavy atom. The standard InChI is InChI=1S/C12H25N3O2/c1-3-10-9-14(2)6-4-7-15(10)8-5-11(13)12(16)17/h10-11H,3-9,13H2,1-2H3,(H,16,17). The van der Waals surface area contributed by atoms with Crippen molar-refractivity contribution in [2.45, 2.75) is 38.3 Å². The lowest BCUT2D eigenvalue weighted by molar-refractivity contribution is -0.138. The Hall–Kier alpha value is -0.650. The number of carboxylic acids is 1. The Labute approximate surface area is 104 Å². The van der Waals surface area contributed by atoms with Gasteiger partial charge < -0.3 is 15.7 Å². The molecule has 0 spiro atoms. The number of rotatable bonds is 5. The zero-order valence-electron chi connectivity index (χ0n) is 10.9. The zero-order chi connectivity index (χ0) is 12.8. The lowest BCUT2D eigenvalue weighted by Crippen LogP contribution is -2.42. The minimum absolute atomic E-state index is 0.531. The number of carbonyl (C=O) groups is 1. The van der Waals surface area contributed by atoms with Crippen molar-refractivity contribution in [1.29, 1.82) is 0 Å². The van der Waals surface area contributed by atoms with E-state index in [0.29, 0.717) is 12.5 Å². The van der Waals surface area contributed by atoms with E-state index in [2.05, 4.69) is 23.8 Å². The monoisotopic (exact) mass is 243 g/mol. The second kappa shape index (κ2) is 6.93. The fraction of sp³-hybridized carbons (Fsp3) is 0.917. The van der Waals surface area contributed by atoms with Crippen LogP contribution in [0.2, 0.25) is 0 Å². The van der Waals surface area contributed by atoms with Crippen molar-refractivity contribution >= 4 is 5.97 Å². The number of hydrogen-bond donors (Lipinski definition) is 2. The molecule has 1 aliphatic heterocycles. The van der Waals surface area contributed by atoms with E-state index >= 15 is 0 Å². The van der Waals surface area contributed by atoms with Crippen LogP contribution in [0.4, 0.5) is 0 Å². The Morgan fingerprint density at radius 3 is 2.82 bits per heavy atom. The summed E-state index contributed by atoms with van der Waals surface area (Å²) in [6, 6.07) is -0.197. The quantitative estimate of drug-likeness (QED) is 0.722. The molecule has 0 saturated carbocycles. The number of aliphatic carboxylic acids is 1. The second-order valence-electron chi connectivity index (χ2n) is 4.95. The molecular formula is C12H25N3O2. The van der Waals surface area contributed by atoms with E-state index in [1.807, 2.05) is 0 Å². The van der Waals surface area contributed by atoms with Crippen molar-refractivity contribution < 1.29 is 9.90 Å². The smallest absolute Gasteiger partial charge is 0.320 e. The van der Waals surface area contributed by atoms with Crippen LogP contribution in [0, 0.1) is 0 Å². The first-order valence-electron chi connectivity index (χ1n) is 6.45. The highest BCUT2D eigenvalue weighted by atomic mass is 16.4. The molecule has 0 aromatic carbocycles. The third-order valence-electron chi connectivity index (χ3n) is 3.54. The van der Waals surface area contributed by atoms with E-state index in [4.69, 9.17) is 10.8 Å². The highest BCUT2D eigenvalue weighted by Gasteiger charge is 2.23. The Morgan fingerprint density at radius 1 is 1.53 bits per heavy atom. The van der Waals surface area contributed by atoms with Crippen molar-refractivity contribution in [3.05, 3.63) is 0 Å². The molecule has 1 rings (SSSR count). The summed E-state index contributed by atoms with van der Waals surface area (Å²) in [5.74, 6) is -0.898. The van der Waals surface area contributed by atoms with Gasteiger partial charge in [-0.25, -0.2) is 0 Å². The summed E-state index contributed by atoms with van der Waals surface area (Å²) < 4.78 is 0. The van der Waals surface area contributed by atoms with Crippen LogP contribution in [0.25, 0.3) is 0 Å². The van der Waals surface area contributed by atoms with Crippen LogP contribution in [-0.2, 0) is 4.79 Å². The van der Waals surface area contributed by atoms with Crippen LogP contribution in [0.1, 0.15) is 26.2 Å². The molecule has 17 heavy (non-hydrogen) atoms. The topological polar surface area (TPSA) is 69.8 Å². The molecule has 0 aliphatic carbocycles. The molecule has 3 N–H and O–H groups in total. The second-order valence-corrected chi connectivity index (χ2v) is 4.95. The van der Waals surface area contributed by atoms with Gasteiger partial charge in [-0.15, -0.1) is 0 Å². The molecule has 0 amide bonds. The Kier molecular flexibility index (Phi) is 5.88. The van der Waals surface area contributed by atoms with Crippen LogP contribution in [0.15, 0.2) is 0 Å². The summed E-state index contributed by atoms with van der Waals surface area (Å²) in [6.45, 7) is 6.22. The van der Waals surface area contributed by atoms with Crippen LogP contribution in [0.5, 0.6) is 0 Å². The fourth-order valence-corrected chi connectivity index (χ4v) is 2.40. The zero-order valence-corrected chi connectivity index (χ0v) is 10.9. The summed E-state index contributed by atoms with van der Waals surface area (Å²) in [7, 11) is 2.15. The average Bonchev–Trinajstić information content (AvgIpc) is 2.47. The highest BCUT2D eigenvalue weighted by molar-refractivity contribution is 5.72. The predicted octanol–water partition coefficient (Wildman–Crippen LogP) is 0.205. The molecule has 1 heterocycles. The number of nitrogens with two attached hydrogens (primary N) is 1. The van der Waals surface area contributed by atoms with E-state index in [1.165, 1.54) is 0 Å². The van der Waals surface area contributed by atoms with E-state index in [9.17, 15) is 4.79 Å². The third kappa shape index (κ3) is 4.61. The van der Waals surface area contributed by atoms with Crippen molar-refractivity contribution in [3.8, 4) is 0 Å². The first-order chi connectivity index (χ1) is 8.04. The van der Waals surface area contributed by atoms with Crippen molar-refractivity contribution in [2.24, 2.45) is 5.73 Å². The molecule has 5 nitrogen and oxygen atoms in total. The van der Waals surface area contributed by atoms with Gasteiger partial charge in [0.05, 0.1) is 0 Å². The molecule has 2 atom stereocenters. The molecule has 1 saturated heterocycles.